The Morgan fingerprint density at radius 3 is 2.56 bits per heavy atom. The first-order valence-corrected chi connectivity index (χ1v) is 5.63. The Kier molecular flexibility index (Phi) is 6.41. The summed E-state index contributed by atoms with van der Waals surface area (Å²) in [4.78, 5) is 11.4. The molecule has 0 bridgehead atoms. The normalized spacial score (nSPS) is 9.78. The first kappa shape index (κ1) is 16.4. The van der Waals surface area contributed by atoms with Crippen molar-refractivity contribution in [2.75, 3.05) is 0 Å². The van der Waals surface area contributed by atoms with Gasteiger partial charge in [-0.05, 0) is 24.1 Å². The lowest BCUT2D eigenvalue weighted by Crippen LogP contribution is -2.27. The summed E-state index contributed by atoms with van der Waals surface area (Å²) in [7, 11) is 0. The van der Waals surface area contributed by atoms with Crippen LogP contribution in [0.2, 0.25) is 0 Å². The second kappa shape index (κ2) is 7.01. The molecule has 5 heteroatoms. The molecule has 0 radical (unpaired) electrons. The van der Waals surface area contributed by atoms with Crippen molar-refractivity contribution in [3.05, 3.63) is 34.9 Å². The molecule has 0 aliphatic rings. The molecule has 0 unspecified atom stereocenters. The number of rotatable bonds is 4. The van der Waals surface area contributed by atoms with E-state index >= 15 is 0 Å². The summed E-state index contributed by atoms with van der Waals surface area (Å²) < 4.78 is 0. The molecule has 0 aromatic heterocycles. The minimum Gasteiger partial charge on any atom is -0.384 e. The number of aryl methyl sites for hydroxylation is 1. The summed E-state index contributed by atoms with van der Waals surface area (Å²) in [5.74, 6) is 0.0576. The van der Waals surface area contributed by atoms with Gasteiger partial charge in [-0.3, -0.25) is 10.2 Å². The largest absolute Gasteiger partial charge is 0.384 e. The molecular weight excluding hydrogens is 250 g/mol. The number of hydrogen-bond acceptors (Lipinski definition) is 2. The van der Waals surface area contributed by atoms with Crippen molar-refractivity contribution >= 4 is 24.1 Å². The minimum atomic E-state index is -0.0206. The summed E-state index contributed by atoms with van der Waals surface area (Å²) in [6.45, 7) is 6.09. The Hall–Kier alpha value is -1.55. The second-order valence-corrected chi connectivity index (χ2v) is 4.44. The first-order chi connectivity index (χ1) is 7.91. The second-order valence-electron chi connectivity index (χ2n) is 4.44. The van der Waals surface area contributed by atoms with E-state index < -0.39 is 0 Å². The molecular formula is C13H20ClN3O. The molecule has 18 heavy (non-hydrogen) atoms. The zero-order chi connectivity index (χ0) is 13.0. The van der Waals surface area contributed by atoms with Crippen LogP contribution in [-0.4, -0.2) is 11.7 Å². The van der Waals surface area contributed by atoms with E-state index in [-0.39, 0.29) is 30.1 Å². The van der Waals surface area contributed by atoms with E-state index in [2.05, 4.69) is 5.32 Å². The highest BCUT2D eigenvalue weighted by Gasteiger charge is 2.07. The molecule has 0 saturated heterocycles. The van der Waals surface area contributed by atoms with Gasteiger partial charge >= 0.3 is 0 Å². The third-order valence-corrected chi connectivity index (χ3v) is 2.58. The smallest absolute Gasteiger partial charge is 0.222 e. The number of benzene rings is 1. The molecule has 0 spiro atoms. The van der Waals surface area contributed by atoms with Gasteiger partial charge in [0.05, 0.1) is 0 Å². The molecule has 4 nitrogen and oxygen atoms in total. The van der Waals surface area contributed by atoms with Gasteiger partial charge in [-0.25, -0.2) is 0 Å². The third-order valence-electron chi connectivity index (χ3n) is 2.58. The quantitative estimate of drug-likeness (QED) is 0.577. The Bertz CT molecular complexity index is 444. The number of nitrogens with two attached hydrogens (primary N) is 1. The highest BCUT2D eigenvalue weighted by atomic mass is 35.5. The highest BCUT2D eigenvalue weighted by molar-refractivity contribution is 5.96. The van der Waals surface area contributed by atoms with Crippen LogP contribution in [0.1, 0.15) is 30.5 Å². The van der Waals surface area contributed by atoms with Crippen LogP contribution in [-0.2, 0) is 11.3 Å². The van der Waals surface area contributed by atoms with Gasteiger partial charge < -0.3 is 11.1 Å². The van der Waals surface area contributed by atoms with Crippen LogP contribution in [0.3, 0.4) is 0 Å². The van der Waals surface area contributed by atoms with Crippen molar-refractivity contribution < 1.29 is 4.79 Å². The lowest BCUT2D eigenvalue weighted by atomic mass is 10.0. The molecule has 1 aromatic rings. The standard InChI is InChI=1S/C13H19N3O.ClH/c1-8(2)13(17)16-7-10-5-4-9(3)11(6-10)12(14)15;/h4-6,8H,7H2,1-3H3,(H3,14,15)(H,16,17);1H. The van der Waals surface area contributed by atoms with Gasteiger partial charge in [0.15, 0.2) is 0 Å². The molecule has 0 saturated carbocycles. The average molecular weight is 270 g/mol. The topological polar surface area (TPSA) is 79.0 Å². The van der Waals surface area contributed by atoms with E-state index in [1.165, 1.54) is 0 Å². The lowest BCUT2D eigenvalue weighted by molar-refractivity contribution is -0.124. The highest BCUT2D eigenvalue weighted by Crippen LogP contribution is 2.10. The third kappa shape index (κ3) is 4.37. The van der Waals surface area contributed by atoms with Crippen molar-refractivity contribution in [3.63, 3.8) is 0 Å². The first-order valence-electron chi connectivity index (χ1n) is 5.63. The van der Waals surface area contributed by atoms with E-state index in [0.29, 0.717) is 6.54 Å². The number of hydrogen-bond donors (Lipinski definition) is 3. The van der Waals surface area contributed by atoms with E-state index in [0.717, 1.165) is 16.7 Å². The summed E-state index contributed by atoms with van der Waals surface area (Å²) in [5, 5.41) is 10.3. The van der Waals surface area contributed by atoms with Gasteiger partial charge in [0.25, 0.3) is 0 Å². The van der Waals surface area contributed by atoms with Crippen LogP contribution in [0.25, 0.3) is 0 Å². The van der Waals surface area contributed by atoms with Crippen molar-refractivity contribution in [1.82, 2.24) is 5.32 Å². The predicted molar refractivity (Wildman–Crippen MR) is 76.1 cm³/mol. The summed E-state index contributed by atoms with van der Waals surface area (Å²) in [6, 6.07) is 5.69. The molecule has 4 N–H and O–H groups in total. The van der Waals surface area contributed by atoms with Crippen molar-refractivity contribution in [3.8, 4) is 0 Å². The zero-order valence-corrected chi connectivity index (χ0v) is 11.7. The number of amidine groups is 1. The number of carbonyl (C=O) groups excluding carboxylic acids is 1. The molecule has 0 fully saturated rings. The summed E-state index contributed by atoms with van der Waals surface area (Å²) >= 11 is 0. The fraction of sp³-hybridized carbons (Fsp3) is 0.385. The maximum atomic E-state index is 11.4. The number of amides is 1. The maximum absolute atomic E-state index is 11.4. The number of nitrogens with one attached hydrogen (secondary N) is 2. The van der Waals surface area contributed by atoms with E-state index in [1.54, 1.807) is 0 Å². The molecule has 0 heterocycles. The Labute approximate surface area is 114 Å². The van der Waals surface area contributed by atoms with Crippen LogP contribution < -0.4 is 11.1 Å². The van der Waals surface area contributed by atoms with Gasteiger partial charge in [-0.1, -0.05) is 26.0 Å². The molecule has 100 valence electrons. The molecule has 0 atom stereocenters. The summed E-state index contributed by atoms with van der Waals surface area (Å²) in [6.07, 6.45) is 0. The monoisotopic (exact) mass is 269 g/mol. The van der Waals surface area contributed by atoms with Crippen molar-refractivity contribution in [2.45, 2.75) is 27.3 Å². The number of halogens is 1. The number of carbonyl (C=O) groups is 1. The van der Waals surface area contributed by atoms with Gasteiger partial charge in [-0.15, -0.1) is 12.4 Å². The molecule has 0 aliphatic heterocycles. The minimum absolute atomic E-state index is 0. The van der Waals surface area contributed by atoms with Crippen LogP contribution in [0.4, 0.5) is 0 Å². The van der Waals surface area contributed by atoms with Gasteiger partial charge in [0.2, 0.25) is 5.91 Å². The van der Waals surface area contributed by atoms with E-state index in [9.17, 15) is 4.79 Å². The molecule has 1 rings (SSSR count). The lowest BCUT2D eigenvalue weighted by Gasteiger charge is -2.10. The Morgan fingerprint density at radius 1 is 1.44 bits per heavy atom. The fourth-order valence-electron chi connectivity index (χ4n) is 1.46. The van der Waals surface area contributed by atoms with Crippen LogP contribution in [0, 0.1) is 18.3 Å². The predicted octanol–water partition coefficient (Wildman–Crippen LogP) is 1.97. The van der Waals surface area contributed by atoms with Crippen LogP contribution >= 0.6 is 12.4 Å². The van der Waals surface area contributed by atoms with Gasteiger partial charge in [0, 0.05) is 18.0 Å². The van der Waals surface area contributed by atoms with Crippen LogP contribution in [0.15, 0.2) is 18.2 Å². The van der Waals surface area contributed by atoms with E-state index in [4.69, 9.17) is 11.1 Å². The zero-order valence-electron chi connectivity index (χ0n) is 10.9. The van der Waals surface area contributed by atoms with Gasteiger partial charge in [-0.2, -0.15) is 0 Å². The SMILES string of the molecule is Cc1ccc(CNC(=O)C(C)C)cc1C(=N)N.Cl. The molecule has 0 aliphatic carbocycles. The van der Waals surface area contributed by atoms with Gasteiger partial charge in [0.1, 0.15) is 5.84 Å². The average Bonchev–Trinajstić information content (AvgIpc) is 2.26. The maximum Gasteiger partial charge on any atom is 0.222 e. The fourth-order valence-corrected chi connectivity index (χ4v) is 1.46. The van der Waals surface area contributed by atoms with Crippen molar-refractivity contribution in [2.24, 2.45) is 11.7 Å². The van der Waals surface area contributed by atoms with E-state index in [1.807, 2.05) is 39.0 Å². The molecule has 1 amide bonds. The van der Waals surface area contributed by atoms with Crippen LogP contribution in [0.5, 0.6) is 0 Å². The Morgan fingerprint density at radius 2 is 2.06 bits per heavy atom. The summed E-state index contributed by atoms with van der Waals surface area (Å²) in [5.41, 5.74) is 8.13. The Balaban J connectivity index is 0.00000289. The van der Waals surface area contributed by atoms with Crippen molar-refractivity contribution in [1.29, 1.82) is 5.41 Å². The molecule has 1 aromatic carbocycles. The number of nitrogen functional groups attached to an aromatic ring is 1.